The van der Waals surface area contributed by atoms with Crippen molar-refractivity contribution in [3.63, 3.8) is 0 Å². The first-order chi connectivity index (χ1) is 11.7. The number of fused-ring (bicyclic) bond motifs is 2. The highest BCUT2D eigenvalue weighted by atomic mass is 16.5. The minimum atomic E-state index is 0.114. The van der Waals surface area contributed by atoms with E-state index in [1.807, 2.05) is 0 Å². The summed E-state index contributed by atoms with van der Waals surface area (Å²) >= 11 is 0. The average molecular weight is 327 g/mol. The molecule has 0 bridgehead atoms. The standard InChI is InChI=1S/C20H25NO3/c1-23-17-11-15-13-7-3-4-8-14(13)20(16(15)12-18(17)24-2)21-10-6-5-9-19(21)22/h11-12,20H,3-10H2,1-2H3. The number of carbonyl (C=O) groups excluding carboxylic acids is 1. The molecule has 3 aliphatic rings. The van der Waals surface area contributed by atoms with Crippen LogP contribution in [0.25, 0.3) is 5.57 Å². The second kappa shape index (κ2) is 6.15. The van der Waals surface area contributed by atoms with Crippen LogP contribution in [-0.4, -0.2) is 31.6 Å². The van der Waals surface area contributed by atoms with Gasteiger partial charge >= 0.3 is 0 Å². The number of piperidine rings is 1. The third-order valence-electron chi connectivity index (χ3n) is 5.69. The van der Waals surface area contributed by atoms with Gasteiger partial charge in [0.15, 0.2) is 11.5 Å². The Labute approximate surface area is 143 Å². The molecule has 1 saturated heterocycles. The Morgan fingerprint density at radius 3 is 2.42 bits per heavy atom. The smallest absolute Gasteiger partial charge is 0.223 e. The van der Waals surface area contributed by atoms with E-state index in [2.05, 4.69) is 17.0 Å². The minimum absolute atomic E-state index is 0.114. The van der Waals surface area contributed by atoms with Crippen LogP contribution in [0.15, 0.2) is 17.7 Å². The lowest BCUT2D eigenvalue weighted by Gasteiger charge is -2.35. The van der Waals surface area contributed by atoms with Crippen molar-refractivity contribution in [3.8, 4) is 11.5 Å². The summed E-state index contributed by atoms with van der Waals surface area (Å²) in [7, 11) is 3.36. The molecule has 0 spiro atoms. The highest BCUT2D eigenvalue weighted by Crippen LogP contribution is 2.52. The number of allylic oxidation sites excluding steroid dienone is 1. The third kappa shape index (κ3) is 2.31. The zero-order valence-electron chi connectivity index (χ0n) is 14.6. The lowest BCUT2D eigenvalue weighted by molar-refractivity contribution is -0.135. The van der Waals surface area contributed by atoms with Crippen LogP contribution in [0.1, 0.15) is 62.1 Å². The van der Waals surface area contributed by atoms with Crippen molar-refractivity contribution in [3.05, 3.63) is 28.8 Å². The molecule has 1 aromatic rings. The molecular weight excluding hydrogens is 302 g/mol. The molecule has 0 aromatic heterocycles. The quantitative estimate of drug-likeness (QED) is 0.839. The maximum absolute atomic E-state index is 12.6. The first-order valence-corrected chi connectivity index (χ1v) is 9.02. The summed E-state index contributed by atoms with van der Waals surface area (Å²) in [6.45, 7) is 0.869. The molecule has 1 unspecified atom stereocenters. The first-order valence-electron chi connectivity index (χ1n) is 9.02. The Bertz CT molecular complexity index is 707. The predicted molar refractivity (Wildman–Crippen MR) is 93.2 cm³/mol. The van der Waals surface area contributed by atoms with E-state index >= 15 is 0 Å². The summed E-state index contributed by atoms with van der Waals surface area (Å²) in [5.41, 5.74) is 5.41. The van der Waals surface area contributed by atoms with Crippen LogP contribution in [-0.2, 0) is 4.79 Å². The van der Waals surface area contributed by atoms with Crippen LogP contribution in [0.3, 0.4) is 0 Å². The molecule has 1 atom stereocenters. The SMILES string of the molecule is COc1cc2c(cc1OC)C(N1CCCCC1=O)C1=C2CCCC1. The summed E-state index contributed by atoms with van der Waals surface area (Å²) in [5, 5.41) is 0. The lowest BCUT2D eigenvalue weighted by Crippen LogP contribution is -2.38. The van der Waals surface area contributed by atoms with E-state index < -0.39 is 0 Å². The number of rotatable bonds is 3. The van der Waals surface area contributed by atoms with Gasteiger partial charge in [-0.25, -0.2) is 0 Å². The molecule has 4 rings (SSSR count). The Balaban J connectivity index is 1.85. The van der Waals surface area contributed by atoms with Crippen LogP contribution in [0, 0.1) is 0 Å². The van der Waals surface area contributed by atoms with Crippen LogP contribution in [0.4, 0.5) is 0 Å². The number of hydrogen-bond acceptors (Lipinski definition) is 3. The van der Waals surface area contributed by atoms with Gasteiger partial charge in [-0.2, -0.15) is 0 Å². The number of methoxy groups -OCH3 is 2. The normalized spacial score (nSPS) is 23.2. The van der Waals surface area contributed by atoms with Crippen molar-refractivity contribution in [2.24, 2.45) is 0 Å². The number of likely N-dealkylation sites (tertiary alicyclic amines) is 1. The molecule has 128 valence electrons. The van der Waals surface area contributed by atoms with Crippen molar-refractivity contribution < 1.29 is 14.3 Å². The van der Waals surface area contributed by atoms with Gasteiger partial charge in [0.05, 0.1) is 20.3 Å². The van der Waals surface area contributed by atoms with Gasteiger partial charge in [0.25, 0.3) is 0 Å². The first kappa shape index (κ1) is 15.6. The molecule has 24 heavy (non-hydrogen) atoms. The van der Waals surface area contributed by atoms with Crippen LogP contribution < -0.4 is 9.47 Å². The average Bonchev–Trinajstić information content (AvgIpc) is 2.94. The van der Waals surface area contributed by atoms with Crippen molar-refractivity contribution in [1.29, 1.82) is 0 Å². The van der Waals surface area contributed by atoms with Crippen LogP contribution >= 0.6 is 0 Å². The number of amides is 1. The fourth-order valence-corrected chi connectivity index (χ4v) is 4.56. The Kier molecular flexibility index (Phi) is 3.99. The lowest BCUT2D eigenvalue weighted by atomic mass is 9.89. The molecule has 1 fully saturated rings. The Hall–Kier alpha value is -1.97. The number of benzene rings is 1. The zero-order valence-corrected chi connectivity index (χ0v) is 14.6. The molecule has 2 aliphatic carbocycles. The third-order valence-corrected chi connectivity index (χ3v) is 5.69. The van der Waals surface area contributed by atoms with E-state index in [0.29, 0.717) is 12.3 Å². The zero-order chi connectivity index (χ0) is 16.7. The molecule has 4 heteroatoms. The second-order valence-corrected chi connectivity index (χ2v) is 6.95. The fourth-order valence-electron chi connectivity index (χ4n) is 4.56. The Morgan fingerprint density at radius 1 is 0.958 bits per heavy atom. The largest absolute Gasteiger partial charge is 0.493 e. The summed E-state index contributed by atoms with van der Waals surface area (Å²) in [6, 6.07) is 4.32. The van der Waals surface area contributed by atoms with Crippen molar-refractivity contribution >= 4 is 11.5 Å². The second-order valence-electron chi connectivity index (χ2n) is 6.95. The molecule has 1 heterocycles. The van der Waals surface area contributed by atoms with E-state index in [0.717, 1.165) is 43.7 Å². The highest BCUT2D eigenvalue weighted by molar-refractivity contribution is 5.84. The maximum atomic E-state index is 12.6. The van der Waals surface area contributed by atoms with Gasteiger partial charge in [0.2, 0.25) is 5.91 Å². The summed E-state index contributed by atoms with van der Waals surface area (Å²) in [6.07, 6.45) is 7.47. The summed E-state index contributed by atoms with van der Waals surface area (Å²) in [5.74, 6) is 1.83. The van der Waals surface area contributed by atoms with Crippen molar-refractivity contribution in [2.75, 3.05) is 20.8 Å². The molecule has 4 nitrogen and oxygen atoms in total. The van der Waals surface area contributed by atoms with Gasteiger partial charge in [-0.3, -0.25) is 4.79 Å². The summed E-state index contributed by atoms with van der Waals surface area (Å²) < 4.78 is 11.0. The predicted octanol–water partition coefficient (Wildman–Crippen LogP) is 4.10. The van der Waals surface area contributed by atoms with Crippen molar-refractivity contribution in [1.82, 2.24) is 4.90 Å². The van der Waals surface area contributed by atoms with E-state index in [9.17, 15) is 4.79 Å². The van der Waals surface area contributed by atoms with E-state index in [1.54, 1.807) is 14.2 Å². The maximum Gasteiger partial charge on any atom is 0.223 e. The summed E-state index contributed by atoms with van der Waals surface area (Å²) in [4.78, 5) is 14.7. The Morgan fingerprint density at radius 2 is 1.67 bits per heavy atom. The highest BCUT2D eigenvalue weighted by Gasteiger charge is 2.39. The number of hydrogen-bond donors (Lipinski definition) is 0. The van der Waals surface area contributed by atoms with Gasteiger partial charge in [-0.05, 0) is 72.9 Å². The molecule has 1 aliphatic heterocycles. The number of nitrogens with zero attached hydrogens (tertiary/aromatic N) is 1. The van der Waals surface area contributed by atoms with Gasteiger partial charge < -0.3 is 14.4 Å². The minimum Gasteiger partial charge on any atom is -0.493 e. The molecule has 0 saturated carbocycles. The molecule has 0 N–H and O–H groups in total. The monoisotopic (exact) mass is 327 g/mol. The number of carbonyl (C=O) groups is 1. The molecule has 1 aromatic carbocycles. The topological polar surface area (TPSA) is 38.8 Å². The van der Waals surface area contributed by atoms with Gasteiger partial charge in [-0.15, -0.1) is 0 Å². The molecule has 1 amide bonds. The van der Waals surface area contributed by atoms with Crippen LogP contribution in [0.2, 0.25) is 0 Å². The van der Waals surface area contributed by atoms with E-state index in [-0.39, 0.29) is 6.04 Å². The van der Waals surface area contributed by atoms with E-state index in [4.69, 9.17) is 9.47 Å². The van der Waals surface area contributed by atoms with Crippen molar-refractivity contribution in [2.45, 2.75) is 51.0 Å². The van der Waals surface area contributed by atoms with Crippen LogP contribution in [0.5, 0.6) is 11.5 Å². The van der Waals surface area contributed by atoms with Gasteiger partial charge in [0.1, 0.15) is 0 Å². The molecule has 0 radical (unpaired) electrons. The molecular formula is C20H25NO3. The van der Waals surface area contributed by atoms with Gasteiger partial charge in [0, 0.05) is 13.0 Å². The van der Waals surface area contributed by atoms with E-state index in [1.165, 1.54) is 35.1 Å². The fraction of sp³-hybridized carbons (Fsp3) is 0.550. The number of ether oxygens (including phenoxy) is 2. The van der Waals surface area contributed by atoms with Gasteiger partial charge in [-0.1, -0.05) is 0 Å².